The Balaban J connectivity index is 0. The van der Waals surface area contributed by atoms with Crippen LogP contribution in [-0.4, -0.2) is 7.05 Å². The van der Waals surface area contributed by atoms with E-state index in [1.165, 1.54) is 35.7 Å². The van der Waals surface area contributed by atoms with Crippen molar-refractivity contribution in [3.8, 4) is 0 Å². The van der Waals surface area contributed by atoms with Crippen molar-refractivity contribution in [2.75, 3.05) is 7.05 Å². The van der Waals surface area contributed by atoms with Gasteiger partial charge in [-0.15, -0.1) is 0 Å². The molecular weight excluding hydrogens is 254 g/mol. The molecule has 1 heteroatoms. The van der Waals surface area contributed by atoms with Gasteiger partial charge < -0.3 is 5.73 Å². The third kappa shape index (κ3) is 14.6. The van der Waals surface area contributed by atoms with Crippen molar-refractivity contribution >= 4 is 0 Å². The second-order valence-corrected chi connectivity index (χ2v) is 5.02. The topological polar surface area (TPSA) is 26.0 Å². The van der Waals surface area contributed by atoms with Gasteiger partial charge in [-0.3, -0.25) is 0 Å². The molecule has 0 aliphatic heterocycles. The van der Waals surface area contributed by atoms with E-state index in [0.29, 0.717) is 0 Å². The minimum absolute atomic E-state index is 1.25. The highest BCUT2D eigenvalue weighted by atomic mass is 14.4. The molecule has 0 fully saturated rings. The summed E-state index contributed by atoms with van der Waals surface area (Å²) in [5.41, 5.74) is 9.82. The SMILES string of the molecule is CCC.CN.Cc1ccc(C)cc1.Cc1ccc(C)cc1. The summed E-state index contributed by atoms with van der Waals surface area (Å²) in [4.78, 5) is 0. The summed E-state index contributed by atoms with van der Waals surface area (Å²) in [6.45, 7) is 12.6. The lowest BCUT2D eigenvalue weighted by Crippen LogP contribution is -1.70. The normalized spacial score (nSPS) is 8.19. The molecule has 21 heavy (non-hydrogen) atoms. The average molecular weight is 287 g/mol. The standard InChI is InChI=1S/2C8H10.C3H8.CH5N/c2*1-7-3-5-8(2)6-4-7;1-3-2;1-2/h2*3-6H,1-2H3;3H2,1-2H3;2H2,1H3. The summed E-state index contributed by atoms with van der Waals surface area (Å²) >= 11 is 0. The van der Waals surface area contributed by atoms with Crippen molar-refractivity contribution in [2.24, 2.45) is 5.73 Å². The summed E-state index contributed by atoms with van der Waals surface area (Å²) in [5, 5.41) is 0. The molecule has 2 aromatic carbocycles. The van der Waals surface area contributed by atoms with E-state index in [0.717, 1.165) is 0 Å². The quantitative estimate of drug-likeness (QED) is 0.670. The van der Waals surface area contributed by atoms with E-state index >= 15 is 0 Å². The summed E-state index contributed by atoms with van der Waals surface area (Å²) in [6, 6.07) is 17.0. The monoisotopic (exact) mass is 287 g/mol. The lowest BCUT2D eigenvalue weighted by atomic mass is 10.2. The van der Waals surface area contributed by atoms with Crippen LogP contribution in [0.15, 0.2) is 48.5 Å². The highest BCUT2D eigenvalue weighted by Gasteiger charge is 1.80. The number of hydrogen-bond acceptors (Lipinski definition) is 1. The molecule has 0 aliphatic rings. The van der Waals surface area contributed by atoms with Crippen LogP contribution in [0.5, 0.6) is 0 Å². The summed E-state index contributed by atoms with van der Waals surface area (Å²) < 4.78 is 0. The van der Waals surface area contributed by atoms with Crippen LogP contribution in [0, 0.1) is 27.7 Å². The molecule has 2 aromatic rings. The largest absolute Gasteiger partial charge is 0.333 e. The van der Waals surface area contributed by atoms with E-state index in [9.17, 15) is 0 Å². The van der Waals surface area contributed by atoms with Crippen molar-refractivity contribution < 1.29 is 0 Å². The van der Waals surface area contributed by atoms with Gasteiger partial charge in [-0.1, -0.05) is 91.1 Å². The Morgan fingerprint density at radius 1 is 0.524 bits per heavy atom. The fourth-order valence-electron chi connectivity index (χ4n) is 1.27. The Labute approximate surface area is 132 Å². The first-order valence-electron chi connectivity index (χ1n) is 7.63. The molecule has 1 nitrogen and oxygen atoms in total. The predicted molar refractivity (Wildman–Crippen MR) is 97.9 cm³/mol. The second-order valence-electron chi connectivity index (χ2n) is 5.02. The highest BCUT2D eigenvalue weighted by molar-refractivity contribution is 5.20. The van der Waals surface area contributed by atoms with Crippen molar-refractivity contribution in [1.82, 2.24) is 0 Å². The lowest BCUT2D eigenvalue weighted by Gasteiger charge is -1.90. The van der Waals surface area contributed by atoms with Crippen LogP contribution >= 0.6 is 0 Å². The zero-order valence-corrected chi connectivity index (χ0v) is 14.9. The van der Waals surface area contributed by atoms with Gasteiger partial charge >= 0.3 is 0 Å². The maximum atomic E-state index is 4.50. The van der Waals surface area contributed by atoms with Crippen LogP contribution in [0.3, 0.4) is 0 Å². The fraction of sp³-hybridized carbons (Fsp3) is 0.400. The zero-order chi connectivity index (χ0) is 16.7. The molecule has 0 atom stereocenters. The molecule has 2 rings (SSSR count). The molecular formula is C20H33N. The smallest absolute Gasteiger partial charge is 0.0195 e. The van der Waals surface area contributed by atoms with Crippen LogP contribution in [0.25, 0.3) is 0 Å². The van der Waals surface area contributed by atoms with Crippen molar-refractivity contribution in [1.29, 1.82) is 0 Å². The van der Waals surface area contributed by atoms with Gasteiger partial charge in [0, 0.05) is 0 Å². The molecule has 0 aliphatic carbocycles. The van der Waals surface area contributed by atoms with E-state index in [1.54, 1.807) is 0 Å². The maximum absolute atomic E-state index is 4.50. The summed E-state index contributed by atoms with van der Waals surface area (Å²) in [5.74, 6) is 0. The molecule has 0 aromatic heterocycles. The number of nitrogens with two attached hydrogens (primary N) is 1. The molecule has 0 heterocycles. The minimum Gasteiger partial charge on any atom is -0.333 e. The van der Waals surface area contributed by atoms with Crippen molar-refractivity contribution in [3.63, 3.8) is 0 Å². The molecule has 0 spiro atoms. The first kappa shape index (κ1) is 21.7. The third-order valence-electron chi connectivity index (χ3n) is 2.44. The van der Waals surface area contributed by atoms with E-state index in [-0.39, 0.29) is 0 Å². The van der Waals surface area contributed by atoms with Crippen LogP contribution in [0.1, 0.15) is 42.5 Å². The molecule has 0 radical (unpaired) electrons. The van der Waals surface area contributed by atoms with Crippen LogP contribution < -0.4 is 5.73 Å². The van der Waals surface area contributed by atoms with E-state index in [4.69, 9.17) is 0 Å². The van der Waals surface area contributed by atoms with Gasteiger partial charge in [0.25, 0.3) is 0 Å². The Morgan fingerprint density at radius 3 is 0.714 bits per heavy atom. The van der Waals surface area contributed by atoms with E-state index in [1.807, 2.05) is 0 Å². The number of rotatable bonds is 0. The second kappa shape index (κ2) is 14.8. The average Bonchev–Trinajstić information content (AvgIpc) is 2.49. The maximum Gasteiger partial charge on any atom is -0.0195 e. The van der Waals surface area contributed by atoms with Gasteiger partial charge in [-0.25, -0.2) is 0 Å². The van der Waals surface area contributed by atoms with Crippen molar-refractivity contribution in [2.45, 2.75) is 48.0 Å². The number of hydrogen-bond donors (Lipinski definition) is 1. The fourth-order valence-corrected chi connectivity index (χ4v) is 1.27. The Kier molecular flexibility index (Phi) is 15.3. The van der Waals surface area contributed by atoms with Gasteiger partial charge in [0.2, 0.25) is 0 Å². The Hall–Kier alpha value is -1.60. The highest BCUT2D eigenvalue weighted by Crippen LogP contribution is 2.00. The Morgan fingerprint density at radius 2 is 0.619 bits per heavy atom. The summed E-state index contributed by atoms with van der Waals surface area (Å²) in [6.07, 6.45) is 1.25. The summed E-state index contributed by atoms with van der Waals surface area (Å²) in [7, 11) is 1.50. The van der Waals surface area contributed by atoms with Crippen LogP contribution in [0.2, 0.25) is 0 Å². The van der Waals surface area contributed by atoms with Crippen LogP contribution in [0.4, 0.5) is 0 Å². The number of benzene rings is 2. The molecule has 118 valence electrons. The number of aryl methyl sites for hydroxylation is 4. The van der Waals surface area contributed by atoms with E-state index in [2.05, 4.69) is 95.8 Å². The van der Waals surface area contributed by atoms with Gasteiger partial charge in [-0.2, -0.15) is 0 Å². The van der Waals surface area contributed by atoms with Gasteiger partial charge in [0.15, 0.2) is 0 Å². The zero-order valence-electron chi connectivity index (χ0n) is 14.9. The predicted octanol–water partition coefficient (Wildman–Crippen LogP) is 5.60. The molecule has 0 amide bonds. The Bertz CT molecular complexity index is 341. The van der Waals surface area contributed by atoms with Gasteiger partial charge in [0.05, 0.1) is 0 Å². The first-order valence-corrected chi connectivity index (χ1v) is 7.63. The molecule has 0 unspecified atom stereocenters. The van der Waals surface area contributed by atoms with Gasteiger partial charge in [0.1, 0.15) is 0 Å². The van der Waals surface area contributed by atoms with E-state index < -0.39 is 0 Å². The van der Waals surface area contributed by atoms with Crippen molar-refractivity contribution in [3.05, 3.63) is 70.8 Å². The molecule has 0 saturated heterocycles. The third-order valence-corrected chi connectivity index (χ3v) is 2.44. The molecule has 2 N–H and O–H groups in total. The minimum atomic E-state index is 1.25. The molecule has 0 bridgehead atoms. The first-order chi connectivity index (χ1) is 9.99. The molecule has 0 saturated carbocycles. The van der Waals surface area contributed by atoms with Gasteiger partial charge in [-0.05, 0) is 34.7 Å². The van der Waals surface area contributed by atoms with Crippen LogP contribution in [-0.2, 0) is 0 Å². The lowest BCUT2D eigenvalue weighted by molar-refractivity contribution is 1.09.